The van der Waals surface area contributed by atoms with Gasteiger partial charge in [-0.25, -0.2) is 23.1 Å². The molecule has 4 aliphatic rings. The Bertz CT molecular complexity index is 3460. The lowest BCUT2D eigenvalue weighted by Crippen LogP contribution is -2.58. The number of nitrogens with zero attached hydrogens (tertiary/aromatic N) is 7. The summed E-state index contributed by atoms with van der Waals surface area (Å²) in [6.07, 6.45) is 3.71. The number of benzene rings is 3. The summed E-state index contributed by atoms with van der Waals surface area (Å²) in [4.78, 5) is 77.1. The molecule has 7 heterocycles. The first-order valence-electron chi connectivity index (χ1n) is 28.4. The Morgan fingerprint density at radius 3 is 2.25 bits per heavy atom. The normalized spacial score (nSPS) is 20.6. The second-order valence-electron chi connectivity index (χ2n) is 23.6. The third kappa shape index (κ3) is 13.4. The number of ketones is 1. The highest BCUT2D eigenvalue weighted by molar-refractivity contribution is 7.90. The number of halogens is 3. The van der Waals surface area contributed by atoms with Crippen LogP contribution in [0.5, 0.6) is 0 Å². The van der Waals surface area contributed by atoms with E-state index in [9.17, 15) is 37.1 Å². The molecular formula is C60H72F3N11O7S2. The van der Waals surface area contributed by atoms with Crippen LogP contribution in [0.1, 0.15) is 93.0 Å². The number of carbonyl (C=O) groups is 4. The fourth-order valence-electron chi connectivity index (χ4n) is 11.8. The van der Waals surface area contributed by atoms with Crippen molar-refractivity contribution in [2.24, 2.45) is 11.3 Å². The van der Waals surface area contributed by atoms with E-state index < -0.39 is 81.1 Å². The van der Waals surface area contributed by atoms with Crippen molar-refractivity contribution < 1.29 is 45.9 Å². The van der Waals surface area contributed by atoms with E-state index in [4.69, 9.17) is 0 Å². The number of hydrogen-bond donors (Lipinski definition) is 5. The van der Waals surface area contributed by atoms with Crippen LogP contribution in [0.3, 0.4) is 0 Å². The Morgan fingerprint density at radius 2 is 1.57 bits per heavy atom. The third-order valence-corrected chi connectivity index (χ3v) is 19.0. The van der Waals surface area contributed by atoms with E-state index in [0.717, 1.165) is 108 Å². The standard InChI is InChI=1S/C60H72F3N11O7S2/c1-36(39-7-9-41(10-8-39)55-37(2)66-35-82-55)67-58(78)50-28-45(75)33-74(50)59(79)56(60(3,4)5)68-51(76)34-71-21-6-20-70(25-26-71)31-38-17-22-72(23-18-38)44-13-11-40(12-14-44)42-27-46-47(30-65-57(46)64-29-42)54(77)52-48(62)15-16-49(53(52)63)69-83(80,81)73-24-19-43(61)32-73/h7-16,27,29-30,35-36,38,43,45,50,56,69,75H,6,17-26,28,31-34H2,1-5H3,(H,64,65)(H,67,78)(H,68,76)/t36-,43+,45+,50-,56+/m0/s1. The molecule has 0 bridgehead atoms. The Labute approximate surface area is 486 Å². The van der Waals surface area contributed by atoms with Crippen LogP contribution in [0.4, 0.5) is 24.5 Å². The second-order valence-corrected chi connectivity index (χ2v) is 26.1. The molecule has 3 amide bonds. The van der Waals surface area contributed by atoms with E-state index in [2.05, 4.69) is 40.3 Å². The van der Waals surface area contributed by atoms with Gasteiger partial charge in [-0.3, -0.25) is 28.8 Å². The van der Waals surface area contributed by atoms with Crippen LogP contribution in [0.15, 0.2) is 84.6 Å². The number of aliphatic hydroxyl groups is 1. The van der Waals surface area contributed by atoms with E-state index in [1.807, 2.05) is 93.4 Å². The number of aromatic amines is 1. The summed E-state index contributed by atoms with van der Waals surface area (Å²) in [5, 5.41) is 17.2. The molecule has 23 heteroatoms. The summed E-state index contributed by atoms with van der Waals surface area (Å²) < 4.78 is 73.5. The number of nitrogens with one attached hydrogen (secondary N) is 4. The van der Waals surface area contributed by atoms with Gasteiger partial charge in [-0.2, -0.15) is 12.7 Å². The van der Waals surface area contributed by atoms with E-state index >= 15 is 8.78 Å². The zero-order chi connectivity index (χ0) is 58.9. The molecule has 83 heavy (non-hydrogen) atoms. The lowest BCUT2D eigenvalue weighted by Gasteiger charge is -2.36. The number of fused-ring (bicyclic) bond motifs is 1. The van der Waals surface area contributed by atoms with Crippen LogP contribution in [0.2, 0.25) is 0 Å². The van der Waals surface area contributed by atoms with E-state index in [0.29, 0.717) is 29.1 Å². The number of alkyl halides is 1. The minimum Gasteiger partial charge on any atom is -0.391 e. The predicted molar refractivity (Wildman–Crippen MR) is 314 cm³/mol. The average Bonchev–Trinajstić information content (AvgIpc) is 4.13. The zero-order valence-corrected chi connectivity index (χ0v) is 49.0. The first kappa shape index (κ1) is 59.4. The maximum Gasteiger partial charge on any atom is 0.301 e. The molecule has 10 rings (SSSR count). The Balaban J connectivity index is 0.690. The minimum absolute atomic E-state index is 0.00514. The zero-order valence-electron chi connectivity index (χ0n) is 47.3. The summed E-state index contributed by atoms with van der Waals surface area (Å²) in [6.45, 7) is 15.0. The molecule has 3 aromatic heterocycles. The predicted octanol–water partition coefficient (Wildman–Crippen LogP) is 7.47. The molecule has 0 unspecified atom stereocenters. The molecule has 4 fully saturated rings. The van der Waals surface area contributed by atoms with Gasteiger partial charge >= 0.3 is 10.2 Å². The van der Waals surface area contributed by atoms with Crippen molar-refractivity contribution in [2.45, 2.75) is 97.1 Å². The van der Waals surface area contributed by atoms with Crippen LogP contribution in [-0.4, -0.2) is 167 Å². The lowest BCUT2D eigenvalue weighted by atomic mass is 9.85. The van der Waals surface area contributed by atoms with Crippen molar-refractivity contribution in [3.05, 3.63) is 119 Å². The van der Waals surface area contributed by atoms with Gasteiger partial charge in [0, 0.05) is 93.4 Å². The number of piperidine rings is 1. The summed E-state index contributed by atoms with van der Waals surface area (Å²) in [5.41, 5.74) is 5.25. The van der Waals surface area contributed by atoms with Crippen molar-refractivity contribution >= 4 is 67.5 Å². The fourth-order valence-corrected chi connectivity index (χ4v) is 13.9. The molecular weight excluding hydrogens is 1110 g/mol. The first-order valence-corrected chi connectivity index (χ1v) is 30.7. The van der Waals surface area contributed by atoms with Gasteiger partial charge in [-0.1, -0.05) is 57.2 Å². The number of likely N-dealkylation sites (tertiary alicyclic amines) is 1. The number of β-amino-alcohol motifs (C(OH)–C–C–N with tert-alkyl or cyclic N) is 1. The fraction of sp³-hybridized carbons (Fsp3) is 0.467. The Morgan fingerprint density at radius 1 is 0.855 bits per heavy atom. The van der Waals surface area contributed by atoms with Gasteiger partial charge in [0.25, 0.3) is 0 Å². The van der Waals surface area contributed by atoms with Crippen molar-refractivity contribution in [3.8, 4) is 21.6 Å². The maximum absolute atomic E-state index is 15.9. The number of thiazole rings is 1. The SMILES string of the molecule is Cc1ncsc1-c1ccc([C@H](C)NC(=O)[C@@H]2C[C@@H](O)CN2C(=O)[C@@H](NC(=O)CN2CCCN(CC3CCN(c4ccc(-c5cnc6[nH]cc(C(=O)c7c(F)ccc(NS(=O)(=O)N8CC[C@@H](F)C8)c7F)c6c5)cc4)CC3)CC2)C(C)(C)C)cc1. The Kier molecular flexibility index (Phi) is 17.8. The van der Waals surface area contributed by atoms with Gasteiger partial charge in [0.05, 0.1) is 46.0 Å². The highest BCUT2D eigenvalue weighted by Gasteiger charge is 2.45. The highest BCUT2D eigenvalue weighted by Crippen LogP contribution is 2.34. The number of anilines is 2. The highest BCUT2D eigenvalue weighted by atomic mass is 32.2. The number of pyridine rings is 1. The van der Waals surface area contributed by atoms with Gasteiger partial charge in [0.2, 0.25) is 23.5 Å². The molecule has 4 saturated heterocycles. The van der Waals surface area contributed by atoms with E-state index in [1.54, 1.807) is 23.6 Å². The molecule has 0 aliphatic carbocycles. The van der Waals surface area contributed by atoms with E-state index in [-0.39, 0.29) is 55.9 Å². The number of rotatable bonds is 17. The molecule has 0 spiro atoms. The lowest BCUT2D eigenvalue weighted by molar-refractivity contribution is -0.144. The van der Waals surface area contributed by atoms with Crippen molar-refractivity contribution in [3.63, 3.8) is 0 Å². The summed E-state index contributed by atoms with van der Waals surface area (Å²) in [5.74, 6) is -4.11. The monoisotopic (exact) mass is 1180 g/mol. The number of aliphatic hydroxyl groups excluding tert-OH is 1. The second kappa shape index (κ2) is 24.8. The van der Waals surface area contributed by atoms with Gasteiger partial charge in [-0.15, -0.1) is 11.3 Å². The quantitative estimate of drug-likeness (QED) is 0.0563. The molecule has 4 aliphatic heterocycles. The number of amides is 3. The topological polar surface area (TPSA) is 217 Å². The third-order valence-electron chi connectivity index (χ3n) is 16.6. The van der Waals surface area contributed by atoms with Gasteiger partial charge in [0.1, 0.15) is 29.7 Å². The van der Waals surface area contributed by atoms with Crippen LogP contribution in [0, 0.1) is 29.9 Å². The van der Waals surface area contributed by atoms with Gasteiger partial charge in [-0.05, 0) is 111 Å². The molecule has 5 N–H and O–H groups in total. The van der Waals surface area contributed by atoms with Crippen LogP contribution in [-0.2, 0) is 24.6 Å². The van der Waals surface area contributed by atoms with Crippen LogP contribution < -0.4 is 20.3 Å². The Hall–Kier alpha value is -6.76. The summed E-state index contributed by atoms with van der Waals surface area (Å²) in [7, 11) is -4.37. The maximum atomic E-state index is 15.9. The number of aryl methyl sites for hydroxylation is 1. The van der Waals surface area contributed by atoms with Crippen molar-refractivity contribution in [1.29, 1.82) is 0 Å². The molecule has 6 aromatic rings. The minimum atomic E-state index is -4.37. The molecule has 3 aromatic carbocycles. The van der Waals surface area contributed by atoms with Crippen LogP contribution in [0.25, 0.3) is 32.6 Å². The first-order chi connectivity index (χ1) is 39.6. The molecule has 18 nitrogen and oxygen atoms in total. The summed E-state index contributed by atoms with van der Waals surface area (Å²) >= 11 is 1.57. The van der Waals surface area contributed by atoms with Gasteiger partial charge in [0.15, 0.2) is 5.82 Å². The molecule has 442 valence electrons. The molecule has 5 atom stereocenters. The number of hydrogen-bond acceptors (Lipinski definition) is 13. The number of aromatic nitrogens is 3. The molecule has 0 radical (unpaired) electrons. The van der Waals surface area contributed by atoms with E-state index in [1.165, 1.54) is 11.1 Å². The molecule has 0 saturated carbocycles. The smallest absolute Gasteiger partial charge is 0.301 e. The van der Waals surface area contributed by atoms with Crippen molar-refractivity contribution in [2.75, 3.05) is 81.6 Å². The largest absolute Gasteiger partial charge is 0.391 e. The van der Waals surface area contributed by atoms with Gasteiger partial charge < -0.3 is 35.4 Å². The summed E-state index contributed by atoms with van der Waals surface area (Å²) in [6, 6.07) is 17.2. The number of H-pyrrole nitrogens is 1. The number of carbonyl (C=O) groups excluding carboxylic acids is 4. The van der Waals surface area contributed by atoms with Crippen LogP contribution >= 0.6 is 11.3 Å². The van der Waals surface area contributed by atoms with Crippen molar-refractivity contribution in [1.82, 2.24) is 44.6 Å². The average molecular weight is 1180 g/mol.